The van der Waals surface area contributed by atoms with Gasteiger partial charge in [0, 0.05) is 12.7 Å². The first-order chi connectivity index (χ1) is 21.5. The van der Waals surface area contributed by atoms with E-state index in [2.05, 4.69) is 21.6 Å². The largest absolute Gasteiger partial charge is 0.485 e. The molecule has 1 aromatic heterocycles. The third-order valence-corrected chi connectivity index (χ3v) is 9.11. The first kappa shape index (κ1) is 28.3. The summed E-state index contributed by atoms with van der Waals surface area (Å²) < 4.78 is 26.3. The Labute approximate surface area is 255 Å². The van der Waals surface area contributed by atoms with Crippen molar-refractivity contribution < 1.29 is 28.8 Å². The monoisotopic (exact) mass is 594 g/mol. The number of piperidine rings is 1. The van der Waals surface area contributed by atoms with Crippen LogP contribution < -0.4 is 9.47 Å². The van der Waals surface area contributed by atoms with Crippen LogP contribution in [0.1, 0.15) is 63.8 Å². The van der Waals surface area contributed by atoms with Gasteiger partial charge in [0.2, 0.25) is 0 Å². The number of nitriles is 1. The number of fused-ring (bicyclic) bond motifs is 2. The quantitative estimate of drug-likeness (QED) is 0.312. The Hall–Kier alpha value is -4.43. The van der Waals surface area contributed by atoms with Crippen LogP contribution in [0.15, 0.2) is 60.7 Å². The van der Waals surface area contributed by atoms with Crippen LogP contribution in [0.5, 0.6) is 11.5 Å². The Balaban J connectivity index is 1.07. The van der Waals surface area contributed by atoms with Crippen molar-refractivity contribution in [3.05, 3.63) is 88.7 Å². The molecule has 0 bridgehead atoms. The number of carbonyl (C=O) groups is 1. The van der Waals surface area contributed by atoms with Crippen molar-refractivity contribution >= 4 is 17.0 Å². The molecule has 3 atom stereocenters. The summed E-state index contributed by atoms with van der Waals surface area (Å²) in [4.78, 5) is 19.1. The number of para-hydroxylation sites is 1. The number of nitrogens with zero attached hydrogens (tertiary/aromatic N) is 4. The maximum Gasteiger partial charge on any atom is 0.335 e. The van der Waals surface area contributed by atoms with Crippen molar-refractivity contribution in [3.8, 4) is 17.6 Å². The van der Waals surface area contributed by atoms with Crippen LogP contribution in [0.25, 0.3) is 11.0 Å². The Bertz CT molecular complexity index is 1720. The highest BCUT2D eigenvalue weighted by atomic mass is 16.6. The van der Waals surface area contributed by atoms with E-state index in [0.717, 1.165) is 59.9 Å². The van der Waals surface area contributed by atoms with Crippen molar-refractivity contribution in [1.82, 2.24) is 14.5 Å². The fraction of sp³-hybridized carbons (Fsp3) is 0.382. The molecule has 0 unspecified atom stereocenters. The average molecular weight is 595 g/mol. The summed E-state index contributed by atoms with van der Waals surface area (Å²) in [7, 11) is 1.68. The molecule has 0 aliphatic carbocycles. The van der Waals surface area contributed by atoms with Crippen LogP contribution in [0.3, 0.4) is 0 Å². The van der Waals surface area contributed by atoms with E-state index in [0.29, 0.717) is 37.8 Å². The van der Waals surface area contributed by atoms with Gasteiger partial charge in [-0.15, -0.1) is 0 Å². The normalized spacial score (nSPS) is 22.2. The fourth-order valence-corrected chi connectivity index (χ4v) is 6.73. The highest BCUT2D eigenvalue weighted by molar-refractivity contribution is 5.92. The van der Waals surface area contributed by atoms with E-state index < -0.39 is 5.97 Å². The first-order valence-electron chi connectivity index (χ1n) is 15.0. The van der Waals surface area contributed by atoms with E-state index in [1.54, 1.807) is 37.4 Å². The third kappa shape index (κ3) is 5.28. The topological polar surface area (TPSA) is 119 Å². The predicted octanol–water partition coefficient (Wildman–Crippen LogP) is 5.08. The van der Waals surface area contributed by atoms with Gasteiger partial charge in [-0.3, -0.25) is 4.90 Å². The minimum absolute atomic E-state index is 0.0809. The number of carboxylic acid groups (broad SMARTS) is 1. The number of hydrogen-bond donors (Lipinski definition) is 1. The van der Waals surface area contributed by atoms with Gasteiger partial charge in [-0.25, -0.2) is 9.78 Å². The number of benzene rings is 3. The summed E-state index contributed by atoms with van der Waals surface area (Å²) in [6, 6.07) is 20.8. The number of rotatable bonds is 7. The number of aromatic nitrogens is 2. The molecule has 7 rings (SSSR count). The van der Waals surface area contributed by atoms with Gasteiger partial charge in [-0.05, 0) is 73.8 Å². The lowest BCUT2D eigenvalue weighted by molar-refractivity contribution is 0.0680. The van der Waals surface area contributed by atoms with Gasteiger partial charge in [-0.2, -0.15) is 5.26 Å². The summed E-state index contributed by atoms with van der Waals surface area (Å²) in [6.07, 6.45) is 1.58. The van der Waals surface area contributed by atoms with Crippen molar-refractivity contribution in [2.24, 2.45) is 0 Å². The Morgan fingerprint density at radius 1 is 1.09 bits per heavy atom. The van der Waals surface area contributed by atoms with Crippen LogP contribution in [-0.2, 0) is 16.0 Å². The molecule has 0 amide bonds. The summed E-state index contributed by atoms with van der Waals surface area (Å²) >= 11 is 0. The number of imidazole rings is 1. The molecule has 3 aliphatic rings. The molecular formula is C34H34N4O6. The number of carboxylic acids is 1. The Morgan fingerprint density at radius 3 is 2.66 bits per heavy atom. The van der Waals surface area contributed by atoms with Gasteiger partial charge in [0.15, 0.2) is 17.6 Å². The molecule has 4 aromatic rings. The van der Waals surface area contributed by atoms with E-state index in [4.69, 9.17) is 29.2 Å². The summed E-state index contributed by atoms with van der Waals surface area (Å²) in [6.45, 7) is 3.83. The minimum Gasteiger partial charge on any atom is -0.485 e. The molecule has 3 aliphatic heterocycles. The molecule has 0 radical (unpaired) electrons. The molecule has 10 nitrogen and oxygen atoms in total. The van der Waals surface area contributed by atoms with Gasteiger partial charge in [0.25, 0.3) is 0 Å². The van der Waals surface area contributed by atoms with Crippen molar-refractivity contribution in [3.63, 3.8) is 0 Å². The van der Waals surface area contributed by atoms with E-state index in [1.165, 1.54) is 5.56 Å². The van der Waals surface area contributed by atoms with Crippen LogP contribution in [0, 0.1) is 11.3 Å². The van der Waals surface area contributed by atoms with Gasteiger partial charge in [0.05, 0.1) is 54.0 Å². The van der Waals surface area contributed by atoms with Crippen molar-refractivity contribution in [1.29, 1.82) is 5.26 Å². The second-order valence-corrected chi connectivity index (χ2v) is 11.7. The highest BCUT2D eigenvalue weighted by Crippen LogP contribution is 2.44. The standard InChI is InChI=1S/C34H34N4O6/c1-41-31-19-42-18-28(31)38-27-15-24(34(39)40)9-10-26(27)36-32(38)17-37-13-11-22(12-14-37)25-3-2-4-29-33(25)43-20-30(44-29)23-7-5-21(16-35)6-8-23/h2-10,15,22,28,30-31H,11-14,17-20H2,1H3,(H,39,40)/t28-,30-,31+/m0/s1. The van der Waals surface area contributed by atoms with Crippen LogP contribution in [0.2, 0.25) is 0 Å². The molecule has 44 heavy (non-hydrogen) atoms. The second kappa shape index (κ2) is 11.9. The minimum atomic E-state index is -0.962. The summed E-state index contributed by atoms with van der Waals surface area (Å²) in [5, 5.41) is 18.7. The first-order valence-corrected chi connectivity index (χ1v) is 15.0. The van der Waals surface area contributed by atoms with E-state index >= 15 is 0 Å². The maximum absolute atomic E-state index is 11.7. The van der Waals surface area contributed by atoms with E-state index in [1.807, 2.05) is 24.3 Å². The van der Waals surface area contributed by atoms with Crippen LogP contribution in [0.4, 0.5) is 0 Å². The van der Waals surface area contributed by atoms with Gasteiger partial charge >= 0.3 is 5.97 Å². The molecule has 1 N–H and O–H groups in total. The number of hydrogen-bond acceptors (Lipinski definition) is 8. The zero-order valence-corrected chi connectivity index (χ0v) is 24.5. The van der Waals surface area contributed by atoms with Crippen molar-refractivity contribution in [2.75, 3.05) is 40.0 Å². The number of ether oxygens (including phenoxy) is 4. The predicted molar refractivity (Wildman–Crippen MR) is 161 cm³/mol. The molecule has 2 saturated heterocycles. The Morgan fingerprint density at radius 2 is 1.91 bits per heavy atom. The van der Waals surface area contributed by atoms with E-state index in [9.17, 15) is 9.90 Å². The molecule has 10 heteroatoms. The zero-order chi connectivity index (χ0) is 30.2. The number of aromatic carboxylic acids is 1. The lowest BCUT2D eigenvalue weighted by Gasteiger charge is -2.35. The maximum atomic E-state index is 11.7. The molecule has 2 fully saturated rings. The summed E-state index contributed by atoms with van der Waals surface area (Å²) in [5.74, 6) is 1.86. The molecular weight excluding hydrogens is 560 g/mol. The van der Waals surface area contributed by atoms with Gasteiger partial charge in [0.1, 0.15) is 18.5 Å². The van der Waals surface area contributed by atoms with Crippen LogP contribution in [-0.4, -0.2) is 71.7 Å². The van der Waals surface area contributed by atoms with Crippen molar-refractivity contribution in [2.45, 2.75) is 43.6 Å². The zero-order valence-electron chi connectivity index (χ0n) is 24.5. The third-order valence-electron chi connectivity index (χ3n) is 9.11. The smallest absolute Gasteiger partial charge is 0.335 e. The SMILES string of the molecule is CO[C@@H]1COC[C@@H]1n1c(CN2CCC(c3cccc4c3OC[C@@H](c3ccc(C#N)cc3)O4)CC2)nc2ccc(C(=O)O)cc21. The Kier molecular flexibility index (Phi) is 7.68. The van der Waals surface area contributed by atoms with Gasteiger partial charge in [-0.1, -0.05) is 24.3 Å². The molecule has 0 saturated carbocycles. The molecule has 4 heterocycles. The van der Waals surface area contributed by atoms with Gasteiger partial charge < -0.3 is 28.6 Å². The fourth-order valence-electron chi connectivity index (χ4n) is 6.73. The summed E-state index contributed by atoms with van der Waals surface area (Å²) in [5.41, 5.74) is 4.59. The second-order valence-electron chi connectivity index (χ2n) is 11.7. The van der Waals surface area contributed by atoms with Crippen LogP contribution >= 0.6 is 0 Å². The lowest BCUT2D eigenvalue weighted by atomic mass is 9.88. The molecule has 0 spiro atoms. The van der Waals surface area contributed by atoms with E-state index in [-0.39, 0.29) is 23.8 Å². The number of likely N-dealkylation sites (tertiary alicyclic amines) is 1. The number of methoxy groups -OCH3 is 1. The molecule has 3 aromatic carbocycles. The average Bonchev–Trinajstić information content (AvgIpc) is 3.67. The lowest BCUT2D eigenvalue weighted by Crippen LogP contribution is -2.35. The molecule has 226 valence electrons. The highest BCUT2D eigenvalue weighted by Gasteiger charge is 2.34.